The molecule has 0 aromatic carbocycles. The Bertz CT molecular complexity index is 236. The molecule has 2 heteroatoms. The van der Waals surface area contributed by atoms with Crippen LogP contribution in [0.15, 0.2) is 0 Å². The van der Waals surface area contributed by atoms with Gasteiger partial charge >= 0.3 is 0 Å². The molecule has 2 aliphatic rings. The van der Waals surface area contributed by atoms with Gasteiger partial charge in [-0.15, -0.1) is 0 Å². The summed E-state index contributed by atoms with van der Waals surface area (Å²) in [5.41, 5.74) is 0.781. The molecule has 0 spiro atoms. The highest BCUT2D eigenvalue weighted by molar-refractivity contribution is 5.48. The highest BCUT2D eigenvalue weighted by Crippen LogP contribution is 2.58. The van der Waals surface area contributed by atoms with E-state index in [-0.39, 0.29) is 0 Å². The van der Waals surface area contributed by atoms with Gasteiger partial charge in [-0.3, -0.25) is 4.79 Å². The molecule has 1 saturated carbocycles. The second-order valence-electron chi connectivity index (χ2n) is 5.55. The van der Waals surface area contributed by atoms with Crippen molar-refractivity contribution in [3.05, 3.63) is 0 Å². The fourth-order valence-corrected chi connectivity index (χ4v) is 3.15. The minimum absolute atomic E-state index is 0.358. The fourth-order valence-electron chi connectivity index (χ4n) is 3.15. The van der Waals surface area contributed by atoms with E-state index < -0.39 is 0 Å². The molecule has 0 N–H and O–H groups in total. The van der Waals surface area contributed by atoms with Crippen molar-refractivity contribution in [1.82, 2.24) is 4.90 Å². The normalized spacial score (nSPS) is 42.1. The summed E-state index contributed by atoms with van der Waals surface area (Å²) in [6.07, 6.45) is 3.61. The highest BCUT2D eigenvalue weighted by atomic mass is 16.1. The van der Waals surface area contributed by atoms with E-state index in [2.05, 4.69) is 20.8 Å². The van der Waals surface area contributed by atoms with Crippen LogP contribution in [0.1, 0.15) is 33.6 Å². The summed E-state index contributed by atoms with van der Waals surface area (Å²) in [5, 5.41) is 0. The first-order valence-electron chi connectivity index (χ1n) is 5.19. The zero-order valence-corrected chi connectivity index (χ0v) is 8.84. The largest absolute Gasteiger partial charge is 0.344 e. The lowest BCUT2D eigenvalue weighted by molar-refractivity contribution is -0.125. The molecule has 2 atom stereocenters. The molecule has 0 aromatic rings. The number of amides is 1. The Hall–Kier alpha value is -0.530. The third kappa shape index (κ3) is 1.04. The lowest BCUT2D eigenvalue weighted by Crippen LogP contribution is -2.51. The van der Waals surface area contributed by atoms with Crippen molar-refractivity contribution in [2.45, 2.75) is 33.6 Å². The number of carbonyl (C=O) groups is 1. The second kappa shape index (κ2) is 2.49. The molecule has 1 amide bonds. The number of hydrogen-bond acceptors (Lipinski definition) is 1. The smallest absolute Gasteiger partial charge is 0.209 e. The third-order valence-corrected chi connectivity index (χ3v) is 4.78. The molecule has 2 unspecified atom stereocenters. The van der Waals surface area contributed by atoms with Gasteiger partial charge in [0, 0.05) is 13.1 Å². The molecular formula is C11H19NO. The van der Waals surface area contributed by atoms with Crippen LogP contribution in [-0.2, 0) is 4.79 Å². The van der Waals surface area contributed by atoms with Crippen LogP contribution >= 0.6 is 0 Å². The summed E-state index contributed by atoms with van der Waals surface area (Å²) in [7, 11) is 0. The molecule has 1 saturated heterocycles. The minimum Gasteiger partial charge on any atom is -0.344 e. The Morgan fingerprint density at radius 3 is 2.62 bits per heavy atom. The standard InChI is InChI=1S/C11H19NO/c1-10(2)9-4-5-11(10,3)7-12(6-9)8-13/h8-9H,4-7H2,1-3H3. The van der Waals surface area contributed by atoms with E-state index in [1.165, 1.54) is 12.8 Å². The quantitative estimate of drug-likeness (QED) is 0.566. The summed E-state index contributed by atoms with van der Waals surface area (Å²) >= 11 is 0. The summed E-state index contributed by atoms with van der Waals surface area (Å²) in [5.74, 6) is 0.719. The first-order chi connectivity index (χ1) is 5.99. The Kier molecular flexibility index (Phi) is 1.73. The van der Waals surface area contributed by atoms with Crippen molar-refractivity contribution in [1.29, 1.82) is 0 Å². The van der Waals surface area contributed by atoms with Gasteiger partial charge in [-0.1, -0.05) is 20.8 Å². The van der Waals surface area contributed by atoms with Gasteiger partial charge in [0.25, 0.3) is 0 Å². The lowest BCUT2D eigenvalue weighted by Gasteiger charge is -2.49. The van der Waals surface area contributed by atoms with Gasteiger partial charge in [-0.2, -0.15) is 0 Å². The van der Waals surface area contributed by atoms with Crippen LogP contribution in [0.5, 0.6) is 0 Å². The molecule has 2 nitrogen and oxygen atoms in total. The van der Waals surface area contributed by atoms with Crippen LogP contribution in [0.2, 0.25) is 0 Å². The van der Waals surface area contributed by atoms with Gasteiger partial charge in [-0.05, 0) is 29.6 Å². The average molecular weight is 181 g/mol. The van der Waals surface area contributed by atoms with Crippen LogP contribution < -0.4 is 0 Å². The van der Waals surface area contributed by atoms with Gasteiger partial charge in [0.1, 0.15) is 0 Å². The number of piperidine rings is 1. The van der Waals surface area contributed by atoms with Crippen LogP contribution in [0.3, 0.4) is 0 Å². The van der Waals surface area contributed by atoms with E-state index in [4.69, 9.17) is 0 Å². The van der Waals surface area contributed by atoms with E-state index >= 15 is 0 Å². The van der Waals surface area contributed by atoms with E-state index in [1.807, 2.05) is 4.90 Å². The first-order valence-corrected chi connectivity index (χ1v) is 5.19. The molecule has 2 fully saturated rings. The van der Waals surface area contributed by atoms with Crippen LogP contribution in [0.4, 0.5) is 0 Å². The van der Waals surface area contributed by atoms with Gasteiger partial charge in [0.15, 0.2) is 0 Å². The number of likely N-dealkylation sites (tertiary alicyclic amines) is 1. The Morgan fingerprint density at radius 2 is 2.08 bits per heavy atom. The monoisotopic (exact) mass is 181 g/mol. The van der Waals surface area contributed by atoms with Crippen molar-refractivity contribution in [3.8, 4) is 0 Å². The van der Waals surface area contributed by atoms with Gasteiger partial charge in [-0.25, -0.2) is 0 Å². The molecule has 74 valence electrons. The van der Waals surface area contributed by atoms with E-state index in [0.717, 1.165) is 25.4 Å². The molecule has 1 aliphatic heterocycles. The second-order valence-corrected chi connectivity index (χ2v) is 5.55. The van der Waals surface area contributed by atoms with E-state index in [1.54, 1.807) is 0 Å². The van der Waals surface area contributed by atoms with Gasteiger partial charge in [0.05, 0.1) is 0 Å². The molecule has 0 radical (unpaired) electrons. The van der Waals surface area contributed by atoms with Crippen LogP contribution in [0.25, 0.3) is 0 Å². The van der Waals surface area contributed by atoms with E-state index in [9.17, 15) is 4.79 Å². The zero-order valence-electron chi connectivity index (χ0n) is 8.84. The van der Waals surface area contributed by atoms with Crippen molar-refractivity contribution < 1.29 is 4.79 Å². The van der Waals surface area contributed by atoms with Crippen molar-refractivity contribution >= 4 is 6.41 Å². The summed E-state index contributed by atoms with van der Waals surface area (Å²) in [6.45, 7) is 9.01. The minimum atomic E-state index is 0.358. The maximum atomic E-state index is 10.8. The molecule has 13 heavy (non-hydrogen) atoms. The Balaban J connectivity index is 2.29. The van der Waals surface area contributed by atoms with Crippen molar-refractivity contribution in [3.63, 3.8) is 0 Å². The SMILES string of the molecule is CC12CCC(CN(C=O)C1)C2(C)C. The van der Waals surface area contributed by atoms with E-state index in [0.29, 0.717) is 10.8 Å². The number of rotatable bonds is 1. The van der Waals surface area contributed by atoms with Gasteiger partial charge in [0.2, 0.25) is 6.41 Å². The number of hydrogen-bond donors (Lipinski definition) is 0. The lowest BCUT2D eigenvalue weighted by atomic mass is 9.63. The average Bonchev–Trinajstić information content (AvgIpc) is 2.27. The first kappa shape index (κ1) is 9.04. The summed E-state index contributed by atoms with van der Waals surface area (Å²) < 4.78 is 0. The van der Waals surface area contributed by atoms with Crippen LogP contribution in [-0.4, -0.2) is 24.4 Å². The zero-order chi connectivity index (χ0) is 9.69. The molecule has 2 bridgehead atoms. The molecule has 1 heterocycles. The molecule has 2 rings (SSSR count). The molecule has 1 aliphatic carbocycles. The van der Waals surface area contributed by atoms with Crippen LogP contribution in [0, 0.1) is 16.7 Å². The summed E-state index contributed by atoms with van der Waals surface area (Å²) in [6, 6.07) is 0. The predicted molar refractivity (Wildman–Crippen MR) is 52.2 cm³/mol. The number of fused-ring (bicyclic) bond motifs is 2. The van der Waals surface area contributed by atoms with Crippen molar-refractivity contribution in [2.24, 2.45) is 16.7 Å². The summed E-state index contributed by atoms with van der Waals surface area (Å²) in [4.78, 5) is 12.7. The Morgan fingerprint density at radius 1 is 1.38 bits per heavy atom. The molecule has 0 aromatic heterocycles. The highest BCUT2D eigenvalue weighted by Gasteiger charge is 2.55. The maximum Gasteiger partial charge on any atom is 0.209 e. The molecular weight excluding hydrogens is 162 g/mol. The van der Waals surface area contributed by atoms with Gasteiger partial charge < -0.3 is 4.90 Å². The van der Waals surface area contributed by atoms with Crippen molar-refractivity contribution in [2.75, 3.05) is 13.1 Å². The topological polar surface area (TPSA) is 20.3 Å². The number of nitrogens with zero attached hydrogens (tertiary/aromatic N) is 1. The predicted octanol–water partition coefficient (Wildman–Crippen LogP) is 1.90. The third-order valence-electron chi connectivity index (χ3n) is 4.78. The number of carbonyl (C=O) groups excluding carboxylic acids is 1. The fraction of sp³-hybridized carbons (Fsp3) is 0.909. The maximum absolute atomic E-state index is 10.8. The Labute approximate surface area is 80.3 Å².